The van der Waals surface area contributed by atoms with Crippen molar-refractivity contribution in [2.75, 3.05) is 11.9 Å². The second kappa shape index (κ2) is 8.76. The number of carbonyl (C=O) groups excluding carboxylic acids is 1. The zero-order valence-corrected chi connectivity index (χ0v) is 17.2. The summed E-state index contributed by atoms with van der Waals surface area (Å²) in [4.78, 5) is 17.0. The number of carbonyl (C=O) groups is 1. The summed E-state index contributed by atoms with van der Waals surface area (Å²) < 4.78 is 28.9. The van der Waals surface area contributed by atoms with Crippen LogP contribution in [-0.4, -0.2) is 46.0 Å². The van der Waals surface area contributed by atoms with Crippen LogP contribution in [0.4, 0.5) is 5.82 Å². The molecular weight excluding hydrogens is 402 g/mol. The number of aromatic nitrogens is 3. The SMILES string of the molecule is O=C(Nc1ccn(CCc2ccncc2)n1)C1CCCN1S(=O)(=O)c1ccccc1. The monoisotopic (exact) mass is 425 g/mol. The number of nitrogens with zero attached hydrogens (tertiary/aromatic N) is 4. The Morgan fingerprint density at radius 2 is 1.87 bits per heavy atom. The lowest BCUT2D eigenvalue weighted by Crippen LogP contribution is -2.43. The number of hydrogen-bond donors (Lipinski definition) is 1. The van der Waals surface area contributed by atoms with E-state index in [0.29, 0.717) is 31.7 Å². The molecule has 0 radical (unpaired) electrons. The fourth-order valence-corrected chi connectivity index (χ4v) is 5.25. The predicted molar refractivity (Wildman–Crippen MR) is 112 cm³/mol. The highest BCUT2D eigenvalue weighted by Crippen LogP contribution is 2.26. The predicted octanol–water partition coefficient (Wildman–Crippen LogP) is 2.31. The molecule has 1 amide bonds. The van der Waals surface area contributed by atoms with Gasteiger partial charge in [-0.1, -0.05) is 18.2 Å². The van der Waals surface area contributed by atoms with Crippen LogP contribution in [0.2, 0.25) is 0 Å². The maximum Gasteiger partial charge on any atom is 0.244 e. The van der Waals surface area contributed by atoms with Gasteiger partial charge in [-0.3, -0.25) is 14.5 Å². The molecule has 8 nitrogen and oxygen atoms in total. The van der Waals surface area contributed by atoms with Crippen molar-refractivity contribution in [3.63, 3.8) is 0 Å². The molecule has 156 valence electrons. The van der Waals surface area contributed by atoms with Crippen LogP contribution in [0.1, 0.15) is 18.4 Å². The van der Waals surface area contributed by atoms with Gasteiger partial charge in [0.1, 0.15) is 6.04 Å². The Hall–Kier alpha value is -3.04. The fraction of sp³-hybridized carbons (Fsp3) is 0.286. The van der Waals surface area contributed by atoms with E-state index in [1.807, 2.05) is 12.1 Å². The minimum atomic E-state index is -3.72. The normalized spacial score (nSPS) is 17.1. The molecule has 1 aromatic carbocycles. The number of hydrogen-bond acceptors (Lipinski definition) is 5. The van der Waals surface area contributed by atoms with E-state index in [-0.39, 0.29) is 10.8 Å². The van der Waals surface area contributed by atoms with E-state index in [9.17, 15) is 13.2 Å². The number of anilines is 1. The van der Waals surface area contributed by atoms with Gasteiger partial charge in [0.2, 0.25) is 15.9 Å². The average Bonchev–Trinajstić information content (AvgIpc) is 3.44. The Kier molecular flexibility index (Phi) is 5.91. The fourth-order valence-electron chi connectivity index (χ4n) is 3.57. The molecule has 0 aliphatic carbocycles. The smallest absolute Gasteiger partial charge is 0.244 e. The summed E-state index contributed by atoms with van der Waals surface area (Å²) in [5.74, 6) is 0.0603. The maximum absolute atomic E-state index is 12.9. The summed E-state index contributed by atoms with van der Waals surface area (Å²) >= 11 is 0. The van der Waals surface area contributed by atoms with Crippen molar-refractivity contribution in [2.24, 2.45) is 0 Å². The van der Waals surface area contributed by atoms with E-state index < -0.39 is 16.1 Å². The number of aryl methyl sites for hydroxylation is 2. The Bertz CT molecular complexity index is 1100. The van der Waals surface area contributed by atoms with E-state index in [4.69, 9.17) is 0 Å². The summed E-state index contributed by atoms with van der Waals surface area (Å²) in [6, 6.07) is 13.1. The van der Waals surface area contributed by atoms with Crippen LogP contribution in [0, 0.1) is 0 Å². The lowest BCUT2D eigenvalue weighted by Gasteiger charge is -2.23. The highest BCUT2D eigenvalue weighted by molar-refractivity contribution is 7.89. The number of nitrogens with one attached hydrogen (secondary N) is 1. The van der Waals surface area contributed by atoms with Crippen LogP contribution in [0.3, 0.4) is 0 Å². The van der Waals surface area contributed by atoms with Crippen molar-refractivity contribution >= 4 is 21.7 Å². The lowest BCUT2D eigenvalue weighted by atomic mass is 10.2. The Balaban J connectivity index is 1.40. The van der Waals surface area contributed by atoms with Crippen molar-refractivity contribution in [3.8, 4) is 0 Å². The van der Waals surface area contributed by atoms with Crippen molar-refractivity contribution in [3.05, 3.63) is 72.7 Å². The Morgan fingerprint density at radius 3 is 2.63 bits per heavy atom. The molecule has 3 aromatic rings. The molecule has 4 rings (SSSR count). The number of rotatable bonds is 7. The van der Waals surface area contributed by atoms with E-state index in [2.05, 4.69) is 15.4 Å². The summed E-state index contributed by atoms with van der Waals surface area (Å²) in [5, 5.41) is 7.15. The third-order valence-corrected chi connectivity index (χ3v) is 7.05. The molecule has 1 aliphatic heterocycles. The number of sulfonamides is 1. The third-order valence-electron chi connectivity index (χ3n) is 5.13. The largest absolute Gasteiger partial charge is 0.308 e. The standard InChI is InChI=1S/C21H23N5O3S/c27-21(19-7-4-14-26(19)30(28,29)18-5-2-1-3-6-18)23-20-11-16-25(24-20)15-10-17-8-12-22-13-9-17/h1-3,5-6,8-9,11-13,16,19H,4,7,10,14-15H2,(H,23,24,27). The Morgan fingerprint density at radius 1 is 1.10 bits per heavy atom. The molecule has 1 fully saturated rings. The molecule has 0 bridgehead atoms. The van der Waals surface area contributed by atoms with Crippen LogP contribution in [0.5, 0.6) is 0 Å². The van der Waals surface area contributed by atoms with E-state index in [0.717, 1.165) is 12.0 Å². The van der Waals surface area contributed by atoms with Gasteiger partial charge in [0.05, 0.1) is 4.90 Å². The van der Waals surface area contributed by atoms with Gasteiger partial charge >= 0.3 is 0 Å². The van der Waals surface area contributed by atoms with Crippen LogP contribution in [-0.2, 0) is 27.8 Å². The summed E-state index contributed by atoms with van der Waals surface area (Å²) in [5.41, 5.74) is 1.15. The van der Waals surface area contributed by atoms with Gasteiger partial charge in [-0.25, -0.2) is 8.42 Å². The average molecular weight is 426 g/mol. The quantitative estimate of drug-likeness (QED) is 0.627. The molecule has 1 saturated heterocycles. The molecule has 30 heavy (non-hydrogen) atoms. The molecule has 9 heteroatoms. The highest BCUT2D eigenvalue weighted by atomic mass is 32.2. The van der Waals surface area contributed by atoms with Crippen LogP contribution >= 0.6 is 0 Å². The van der Waals surface area contributed by atoms with Crippen LogP contribution in [0.15, 0.2) is 72.0 Å². The molecule has 3 heterocycles. The topological polar surface area (TPSA) is 97.2 Å². The molecule has 1 unspecified atom stereocenters. The summed E-state index contributed by atoms with van der Waals surface area (Å²) in [7, 11) is -3.72. The first-order valence-electron chi connectivity index (χ1n) is 9.84. The van der Waals surface area contributed by atoms with E-state index >= 15 is 0 Å². The van der Waals surface area contributed by atoms with Crippen LogP contribution < -0.4 is 5.32 Å². The number of amides is 1. The van der Waals surface area contributed by atoms with Gasteiger partial charge in [0.15, 0.2) is 5.82 Å². The molecule has 2 aromatic heterocycles. The van der Waals surface area contributed by atoms with Gasteiger partial charge in [0, 0.05) is 37.7 Å². The molecule has 0 saturated carbocycles. The minimum Gasteiger partial charge on any atom is -0.308 e. The van der Waals surface area contributed by atoms with Gasteiger partial charge < -0.3 is 5.32 Å². The zero-order chi connectivity index (χ0) is 21.0. The first kappa shape index (κ1) is 20.2. The number of benzene rings is 1. The first-order chi connectivity index (χ1) is 14.5. The summed E-state index contributed by atoms with van der Waals surface area (Å²) in [6.45, 7) is 0.994. The minimum absolute atomic E-state index is 0.199. The maximum atomic E-state index is 12.9. The lowest BCUT2D eigenvalue weighted by molar-refractivity contribution is -0.119. The van der Waals surface area contributed by atoms with Crippen molar-refractivity contribution in [1.82, 2.24) is 19.1 Å². The zero-order valence-electron chi connectivity index (χ0n) is 16.4. The van der Waals surface area contributed by atoms with Gasteiger partial charge in [-0.2, -0.15) is 9.40 Å². The van der Waals surface area contributed by atoms with Gasteiger partial charge in [-0.05, 0) is 49.1 Å². The molecule has 1 atom stereocenters. The second-order valence-electron chi connectivity index (χ2n) is 7.15. The van der Waals surface area contributed by atoms with Gasteiger partial charge in [0.25, 0.3) is 0 Å². The molecule has 1 aliphatic rings. The van der Waals surface area contributed by atoms with E-state index in [1.165, 1.54) is 4.31 Å². The second-order valence-corrected chi connectivity index (χ2v) is 9.04. The Labute approximate surface area is 175 Å². The molecule has 1 N–H and O–H groups in total. The van der Waals surface area contributed by atoms with Crippen molar-refractivity contribution in [2.45, 2.75) is 36.7 Å². The first-order valence-corrected chi connectivity index (χ1v) is 11.3. The van der Waals surface area contributed by atoms with Crippen molar-refractivity contribution < 1.29 is 13.2 Å². The molecular formula is C21H23N5O3S. The third kappa shape index (κ3) is 4.42. The highest BCUT2D eigenvalue weighted by Gasteiger charge is 2.39. The van der Waals surface area contributed by atoms with Crippen molar-refractivity contribution in [1.29, 1.82) is 0 Å². The number of pyridine rings is 1. The van der Waals surface area contributed by atoms with Crippen LogP contribution in [0.25, 0.3) is 0 Å². The molecule has 0 spiro atoms. The van der Waals surface area contributed by atoms with Gasteiger partial charge in [-0.15, -0.1) is 0 Å². The summed E-state index contributed by atoms with van der Waals surface area (Å²) in [6.07, 6.45) is 7.22. The van der Waals surface area contributed by atoms with E-state index in [1.54, 1.807) is 59.7 Å².